The van der Waals surface area contributed by atoms with Gasteiger partial charge in [0.1, 0.15) is 0 Å². The van der Waals surface area contributed by atoms with Crippen LogP contribution in [0.25, 0.3) is 0 Å². The Balaban J connectivity index is 2.22. The fourth-order valence-electron chi connectivity index (χ4n) is 1.23. The summed E-state index contributed by atoms with van der Waals surface area (Å²) in [5.74, 6) is 0. The third-order valence-corrected chi connectivity index (χ3v) is 1.79. The normalized spacial score (nSPS) is 24.0. The second kappa shape index (κ2) is 2.44. The SMILES string of the molecule is C1=CC2=C(CNC1)CNN2. The van der Waals surface area contributed by atoms with Crippen molar-refractivity contribution in [3.8, 4) is 0 Å². The van der Waals surface area contributed by atoms with Crippen LogP contribution in [-0.4, -0.2) is 19.6 Å². The average Bonchev–Trinajstić information content (AvgIpc) is 2.28. The van der Waals surface area contributed by atoms with E-state index >= 15 is 0 Å². The number of hydrazine groups is 1. The Bertz CT molecular complexity index is 193. The lowest BCUT2D eigenvalue weighted by Gasteiger charge is -1.98. The number of hydrogen-bond donors (Lipinski definition) is 3. The van der Waals surface area contributed by atoms with E-state index in [-0.39, 0.29) is 0 Å². The molecule has 54 valence electrons. The first kappa shape index (κ1) is 5.95. The van der Waals surface area contributed by atoms with Crippen LogP contribution < -0.4 is 16.2 Å². The predicted molar refractivity (Wildman–Crippen MR) is 40.2 cm³/mol. The van der Waals surface area contributed by atoms with E-state index in [0.29, 0.717) is 0 Å². The molecule has 0 saturated carbocycles. The maximum atomic E-state index is 3.29. The van der Waals surface area contributed by atoms with Crippen molar-refractivity contribution in [3.05, 3.63) is 23.4 Å². The van der Waals surface area contributed by atoms with Gasteiger partial charge in [0, 0.05) is 19.6 Å². The van der Waals surface area contributed by atoms with E-state index in [9.17, 15) is 0 Å². The second-order valence-corrected chi connectivity index (χ2v) is 2.53. The molecule has 0 aromatic rings. The zero-order chi connectivity index (χ0) is 6.81. The van der Waals surface area contributed by atoms with Crippen LogP contribution in [0.1, 0.15) is 0 Å². The summed E-state index contributed by atoms with van der Waals surface area (Å²) >= 11 is 0. The molecule has 2 aliphatic heterocycles. The molecule has 2 rings (SSSR count). The van der Waals surface area contributed by atoms with E-state index in [2.05, 4.69) is 28.3 Å². The fourth-order valence-corrected chi connectivity index (χ4v) is 1.23. The summed E-state index contributed by atoms with van der Waals surface area (Å²) in [5, 5.41) is 3.29. The minimum absolute atomic E-state index is 0.965. The molecule has 2 aliphatic rings. The molecule has 0 unspecified atom stereocenters. The van der Waals surface area contributed by atoms with Gasteiger partial charge in [-0.3, -0.25) is 0 Å². The third kappa shape index (κ3) is 0.936. The molecule has 3 N–H and O–H groups in total. The Morgan fingerprint density at radius 1 is 1.30 bits per heavy atom. The highest BCUT2D eigenvalue weighted by molar-refractivity contribution is 5.30. The van der Waals surface area contributed by atoms with Gasteiger partial charge in [-0.05, 0) is 11.6 Å². The van der Waals surface area contributed by atoms with Crippen molar-refractivity contribution in [2.24, 2.45) is 0 Å². The Morgan fingerprint density at radius 3 is 3.30 bits per heavy atom. The monoisotopic (exact) mass is 137 g/mol. The van der Waals surface area contributed by atoms with Crippen molar-refractivity contribution in [3.63, 3.8) is 0 Å². The van der Waals surface area contributed by atoms with Crippen LogP contribution in [0.2, 0.25) is 0 Å². The molecule has 0 fully saturated rings. The smallest absolute Gasteiger partial charge is 0.0503 e. The standard InChI is InChI=1S/C7H11N3/c1-2-7-6(4-8-3-1)5-9-10-7/h1-2,8-10H,3-5H2. The predicted octanol–water partition coefficient (Wildman–Crippen LogP) is -0.492. The quantitative estimate of drug-likeness (QED) is 0.421. The van der Waals surface area contributed by atoms with Crippen LogP contribution in [0, 0.1) is 0 Å². The third-order valence-electron chi connectivity index (χ3n) is 1.79. The van der Waals surface area contributed by atoms with Gasteiger partial charge in [0.15, 0.2) is 0 Å². The van der Waals surface area contributed by atoms with E-state index < -0.39 is 0 Å². The summed E-state index contributed by atoms with van der Waals surface area (Å²) in [5.41, 5.74) is 8.84. The molecule has 0 aliphatic carbocycles. The van der Waals surface area contributed by atoms with E-state index in [0.717, 1.165) is 19.6 Å². The summed E-state index contributed by atoms with van der Waals surface area (Å²) in [6.07, 6.45) is 4.25. The molecule has 3 nitrogen and oxygen atoms in total. The van der Waals surface area contributed by atoms with Gasteiger partial charge in [0.25, 0.3) is 0 Å². The molecule has 0 aromatic carbocycles. The molecule has 3 heteroatoms. The summed E-state index contributed by atoms with van der Waals surface area (Å²) in [4.78, 5) is 0. The van der Waals surface area contributed by atoms with Crippen molar-refractivity contribution in [1.82, 2.24) is 16.2 Å². The van der Waals surface area contributed by atoms with Crippen LogP contribution in [0.3, 0.4) is 0 Å². The topological polar surface area (TPSA) is 36.1 Å². The Hall–Kier alpha value is -0.800. The first-order valence-electron chi connectivity index (χ1n) is 3.55. The molecular weight excluding hydrogens is 126 g/mol. The first-order chi connectivity index (χ1) is 4.97. The van der Waals surface area contributed by atoms with Gasteiger partial charge >= 0.3 is 0 Å². The lowest BCUT2D eigenvalue weighted by molar-refractivity contribution is 0.695. The molecule has 0 atom stereocenters. The molecule has 2 heterocycles. The minimum atomic E-state index is 0.965. The highest BCUT2D eigenvalue weighted by Crippen LogP contribution is 2.07. The Kier molecular flexibility index (Phi) is 1.45. The number of rotatable bonds is 0. The molecule has 10 heavy (non-hydrogen) atoms. The van der Waals surface area contributed by atoms with Crippen LogP contribution in [0.4, 0.5) is 0 Å². The zero-order valence-electron chi connectivity index (χ0n) is 5.78. The molecule has 0 aromatic heterocycles. The Labute approximate surface area is 60.2 Å². The van der Waals surface area contributed by atoms with E-state index in [1.807, 2.05) is 0 Å². The molecule has 0 saturated heterocycles. The lowest BCUT2D eigenvalue weighted by Crippen LogP contribution is -2.24. The number of hydrogen-bond acceptors (Lipinski definition) is 3. The van der Waals surface area contributed by atoms with Crippen LogP contribution >= 0.6 is 0 Å². The van der Waals surface area contributed by atoms with Crippen molar-refractivity contribution in [2.45, 2.75) is 0 Å². The largest absolute Gasteiger partial charge is 0.321 e. The van der Waals surface area contributed by atoms with Crippen molar-refractivity contribution < 1.29 is 0 Å². The van der Waals surface area contributed by atoms with Gasteiger partial charge in [0.2, 0.25) is 0 Å². The van der Waals surface area contributed by atoms with Gasteiger partial charge in [-0.2, -0.15) is 0 Å². The van der Waals surface area contributed by atoms with Gasteiger partial charge in [0.05, 0.1) is 5.70 Å². The Morgan fingerprint density at radius 2 is 2.30 bits per heavy atom. The van der Waals surface area contributed by atoms with E-state index in [1.165, 1.54) is 11.3 Å². The highest BCUT2D eigenvalue weighted by atomic mass is 15.4. The minimum Gasteiger partial charge on any atom is -0.321 e. The van der Waals surface area contributed by atoms with Crippen LogP contribution in [0.5, 0.6) is 0 Å². The van der Waals surface area contributed by atoms with Crippen molar-refractivity contribution >= 4 is 0 Å². The lowest BCUT2D eigenvalue weighted by atomic mass is 10.2. The number of allylic oxidation sites excluding steroid dienone is 1. The average molecular weight is 137 g/mol. The summed E-state index contributed by atoms with van der Waals surface area (Å²) in [7, 11) is 0. The van der Waals surface area contributed by atoms with Crippen LogP contribution in [-0.2, 0) is 0 Å². The molecule has 0 amide bonds. The first-order valence-corrected chi connectivity index (χ1v) is 3.55. The molecule has 0 bridgehead atoms. The van der Waals surface area contributed by atoms with Crippen molar-refractivity contribution in [1.29, 1.82) is 0 Å². The molecule has 0 radical (unpaired) electrons. The number of nitrogens with one attached hydrogen (secondary N) is 3. The summed E-state index contributed by atoms with van der Waals surface area (Å²) in [6.45, 7) is 2.95. The van der Waals surface area contributed by atoms with E-state index in [4.69, 9.17) is 0 Å². The molecular formula is C7H11N3. The maximum Gasteiger partial charge on any atom is 0.0503 e. The van der Waals surface area contributed by atoms with Gasteiger partial charge in [-0.25, -0.2) is 5.43 Å². The zero-order valence-corrected chi connectivity index (χ0v) is 5.78. The molecule has 0 spiro atoms. The summed E-state index contributed by atoms with van der Waals surface area (Å²) < 4.78 is 0. The van der Waals surface area contributed by atoms with Crippen molar-refractivity contribution in [2.75, 3.05) is 19.6 Å². The second-order valence-electron chi connectivity index (χ2n) is 2.53. The highest BCUT2D eigenvalue weighted by Gasteiger charge is 2.11. The van der Waals surface area contributed by atoms with Gasteiger partial charge in [-0.15, -0.1) is 0 Å². The van der Waals surface area contributed by atoms with Gasteiger partial charge in [-0.1, -0.05) is 6.08 Å². The maximum absolute atomic E-state index is 3.29. The van der Waals surface area contributed by atoms with E-state index in [1.54, 1.807) is 0 Å². The van der Waals surface area contributed by atoms with Gasteiger partial charge < -0.3 is 10.7 Å². The summed E-state index contributed by atoms with van der Waals surface area (Å²) in [6, 6.07) is 0. The fraction of sp³-hybridized carbons (Fsp3) is 0.429. The van der Waals surface area contributed by atoms with Crippen LogP contribution in [0.15, 0.2) is 23.4 Å².